The van der Waals surface area contributed by atoms with Gasteiger partial charge in [-0.05, 0) is 64.2 Å². The van der Waals surface area contributed by atoms with Crippen molar-refractivity contribution in [1.82, 2.24) is 0 Å². The van der Waals surface area contributed by atoms with Crippen molar-refractivity contribution in [3.63, 3.8) is 0 Å². The molecular formula is C43H31NO. The first-order chi connectivity index (χ1) is 22.1. The summed E-state index contributed by atoms with van der Waals surface area (Å²) in [5.41, 5.74) is 12.9. The average molecular weight is 578 g/mol. The van der Waals surface area contributed by atoms with Crippen molar-refractivity contribution in [2.75, 3.05) is 4.90 Å². The van der Waals surface area contributed by atoms with Gasteiger partial charge in [0.2, 0.25) is 0 Å². The number of fused-ring (bicyclic) bond motifs is 8. The molecule has 2 nitrogen and oxygen atoms in total. The van der Waals surface area contributed by atoms with Gasteiger partial charge >= 0.3 is 0 Å². The molecule has 1 aliphatic rings. The zero-order valence-electron chi connectivity index (χ0n) is 25.3. The fourth-order valence-corrected chi connectivity index (χ4v) is 7.50. The third-order valence-corrected chi connectivity index (χ3v) is 9.66. The highest BCUT2D eigenvalue weighted by Crippen LogP contribution is 2.55. The molecule has 0 spiro atoms. The van der Waals surface area contributed by atoms with Crippen LogP contribution < -0.4 is 4.90 Å². The summed E-state index contributed by atoms with van der Waals surface area (Å²) in [5.74, 6) is 0. The summed E-state index contributed by atoms with van der Waals surface area (Å²) in [6.07, 6.45) is 0. The fourth-order valence-electron chi connectivity index (χ4n) is 7.50. The van der Waals surface area contributed by atoms with Gasteiger partial charge in [0.1, 0.15) is 11.2 Å². The first-order valence-corrected chi connectivity index (χ1v) is 15.6. The fraction of sp³-hybridized carbons (Fsp3) is 0.0698. The minimum absolute atomic E-state index is 0.0985. The van der Waals surface area contributed by atoms with Crippen LogP contribution in [0.3, 0.4) is 0 Å². The van der Waals surface area contributed by atoms with Crippen LogP contribution in [0, 0.1) is 0 Å². The molecule has 0 aliphatic heterocycles. The zero-order chi connectivity index (χ0) is 30.1. The predicted molar refractivity (Wildman–Crippen MR) is 189 cm³/mol. The Hall–Kier alpha value is -5.60. The van der Waals surface area contributed by atoms with Gasteiger partial charge in [-0.25, -0.2) is 0 Å². The van der Waals surface area contributed by atoms with E-state index in [1.165, 1.54) is 39.1 Å². The summed E-state index contributed by atoms with van der Waals surface area (Å²) in [6, 6.07) is 54.7. The van der Waals surface area contributed by atoms with E-state index in [0.717, 1.165) is 44.1 Å². The first-order valence-electron chi connectivity index (χ1n) is 15.6. The monoisotopic (exact) mass is 577 g/mol. The number of hydrogen-bond donors (Lipinski definition) is 0. The minimum Gasteiger partial charge on any atom is -0.455 e. The maximum atomic E-state index is 6.52. The molecule has 214 valence electrons. The SMILES string of the molecule is CC1(C)c2ccccc2-c2c(N(c3cccc(-c4ccccc4)c3)c3cccc4c3ccc3c5ccccc5oc43)cccc21. The number of rotatable bonds is 4. The molecule has 1 aromatic heterocycles. The van der Waals surface area contributed by atoms with Gasteiger partial charge in [-0.15, -0.1) is 0 Å². The Balaban J connectivity index is 1.36. The molecule has 0 radical (unpaired) electrons. The summed E-state index contributed by atoms with van der Waals surface area (Å²) < 4.78 is 6.52. The molecule has 0 atom stereocenters. The molecule has 1 heterocycles. The maximum absolute atomic E-state index is 6.52. The number of furan rings is 1. The van der Waals surface area contributed by atoms with Gasteiger partial charge in [0, 0.05) is 38.2 Å². The standard InChI is InChI=1S/C43H31NO/c1-43(2)36-20-8-6-18-35(36)41-37(43)21-12-23-39(41)44(30-16-10-15-29(27-30)28-13-4-3-5-14-28)38-22-11-19-33-31(38)25-26-34-32-17-7-9-24-40(32)45-42(33)34/h3-27H,1-2H3. The van der Waals surface area contributed by atoms with Gasteiger partial charge in [-0.1, -0.05) is 129 Å². The summed E-state index contributed by atoms with van der Waals surface area (Å²) >= 11 is 0. The Kier molecular flexibility index (Phi) is 5.58. The molecule has 0 bridgehead atoms. The molecule has 2 heteroatoms. The van der Waals surface area contributed by atoms with Crippen molar-refractivity contribution in [3.8, 4) is 22.3 Å². The van der Waals surface area contributed by atoms with E-state index in [0.29, 0.717) is 0 Å². The van der Waals surface area contributed by atoms with Gasteiger partial charge in [-0.3, -0.25) is 0 Å². The Morgan fingerprint density at radius 2 is 1.13 bits per heavy atom. The van der Waals surface area contributed by atoms with Gasteiger partial charge in [0.15, 0.2) is 0 Å². The van der Waals surface area contributed by atoms with Crippen LogP contribution in [0.4, 0.5) is 17.1 Å². The lowest BCUT2D eigenvalue weighted by molar-refractivity contribution is 0.660. The third kappa shape index (κ3) is 3.82. The third-order valence-electron chi connectivity index (χ3n) is 9.66. The molecule has 0 N–H and O–H groups in total. The predicted octanol–water partition coefficient (Wildman–Crippen LogP) is 12.2. The molecule has 0 amide bonds. The number of benzene rings is 7. The Bertz CT molecular complexity index is 2410. The van der Waals surface area contributed by atoms with E-state index in [9.17, 15) is 0 Å². The lowest BCUT2D eigenvalue weighted by atomic mass is 9.82. The van der Waals surface area contributed by atoms with E-state index in [-0.39, 0.29) is 5.41 Å². The molecular weight excluding hydrogens is 546 g/mol. The van der Waals surface area contributed by atoms with E-state index < -0.39 is 0 Å². The van der Waals surface area contributed by atoms with Crippen LogP contribution in [0.15, 0.2) is 156 Å². The molecule has 1 aliphatic carbocycles. The normalized spacial score (nSPS) is 13.3. The van der Waals surface area contributed by atoms with Gasteiger partial charge < -0.3 is 9.32 Å². The average Bonchev–Trinajstić information content (AvgIpc) is 3.59. The number of hydrogen-bond acceptors (Lipinski definition) is 2. The molecule has 7 aromatic carbocycles. The lowest BCUT2D eigenvalue weighted by Gasteiger charge is -2.30. The Morgan fingerprint density at radius 1 is 0.489 bits per heavy atom. The second-order valence-electron chi connectivity index (χ2n) is 12.5. The van der Waals surface area contributed by atoms with Crippen LogP contribution in [0.25, 0.3) is 55.0 Å². The Labute approximate surface area is 262 Å². The molecule has 0 saturated heterocycles. The summed E-state index contributed by atoms with van der Waals surface area (Å²) in [7, 11) is 0. The minimum atomic E-state index is -0.0985. The van der Waals surface area contributed by atoms with Crippen molar-refractivity contribution in [2.45, 2.75) is 19.3 Å². The summed E-state index contributed by atoms with van der Waals surface area (Å²) in [5, 5.41) is 4.55. The smallest absolute Gasteiger partial charge is 0.143 e. The second-order valence-corrected chi connectivity index (χ2v) is 12.5. The second kappa shape index (κ2) is 9.70. The number of anilines is 3. The van der Waals surface area contributed by atoms with Crippen molar-refractivity contribution in [3.05, 3.63) is 163 Å². The number of nitrogens with zero attached hydrogens (tertiary/aromatic N) is 1. The lowest BCUT2D eigenvalue weighted by Crippen LogP contribution is -2.16. The van der Waals surface area contributed by atoms with Crippen molar-refractivity contribution in [2.24, 2.45) is 0 Å². The summed E-state index contributed by atoms with van der Waals surface area (Å²) in [6.45, 7) is 4.69. The van der Waals surface area contributed by atoms with Crippen LogP contribution in [-0.4, -0.2) is 0 Å². The van der Waals surface area contributed by atoms with Crippen molar-refractivity contribution in [1.29, 1.82) is 0 Å². The van der Waals surface area contributed by atoms with Crippen LogP contribution in [0.2, 0.25) is 0 Å². The largest absolute Gasteiger partial charge is 0.455 e. The number of para-hydroxylation sites is 1. The van der Waals surface area contributed by atoms with Crippen LogP contribution in [0.1, 0.15) is 25.0 Å². The van der Waals surface area contributed by atoms with Gasteiger partial charge in [0.25, 0.3) is 0 Å². The molecule has 9 rings (SSSR count). The molecule has 45 heavy (non-hydrogen) atoms. The van der Waals surface area contributed by atoms with Crippen molar-refractivity contribution >= 4 is 49.8 Å². The maximum Gasteiger partial charge on any atom is 0.143 e. The quantitative estimate of drug-likeness (QED) is 0.207. The molecule has 0 unspecified atom stereocenters. The van der Waals surface area contributed by atoms with Crippen LogP contribution >= 0.6 is 0 Å². The first kappa shape index (κ1) is 25.9. The van der Waals surface area contributed by atoms with E-state index in [4.69, 9.17) is 4.42 Å². The zero-order valence-corrected chi connectivity index (χ0v) is 25.3. The van der Waals surface area contributed by atoms with E-state index in [1.54, 1.807) is 0 Å². The van der Waals surface area contributed by atoms with E-state index in [2.05, 4.69) is 164 Å². The van der Waals surface area contributed by atoms with Crippen LogP contribution in [-0.2, 0) is 5.41 Å². The van der Waals surface area contributed by atoms with E-state index >= 15 is 0 Å². The van der Waals surface area contributed by atoms with Crippen molar-refractivity contribution < 1.29 is 4.42 Å². The molecule has 0 saturated carbocycles. The molecule has 8 aromatic rings. The van der Waals surface area contributed by atoms with Gasteiger partial charge in [0.05, 0.1) is 11.4 Å². The summed E-state index contributed by atoms with van der Waals surface area (Å²) in [4.78, 5) is 2.46. The molecule has 0 fully saturated rings. The highest BCUT2D eigenvalue weighted by atomic mass is 16.3. The highest BCUT2D eigenvalue weighted by Gasteiger charge is 2.37. The van der Waals surface area contributed by atoms with Crippen LogP contribution in [0.5, 0.6) is 0 Å². The topological polar surface area (TPSA) is 16.4 Å². The van der Waals surface area contributed by atoms with Gasteiger partial charge in [-0.2, -0.15) is 0 Å². The van der Waals surface area contributed by atoms with E-state index in [1.807, 2.05) is 6.07 Å². The Morgan fingerprint density at radius 3 is 2.04 bits per heavy atom. The highest BCUT2D eigenvalue weighted by molar-refractivity contribution is 6.18.